The molecule has 7 nitrogen and oxygen atoms in total. The van der Waals surface area contributed by atoms with Crippen LogP contribution in [0.1, 0.15) is 5.69 Å². The normalized spacial score (nSPS) is 10.5. The number of aromatic nitrogens is 4. The van der Waals surface area contributed by atoms with E-state index in [-0.39, 0.29) is 11.4 Å². The molecule has 0 aliphatic rings. The molecule has 3 heterocycles. The Morgan fingerprint density at radius 3 is 2.90 bits per heavy atom. The van der Waals surface area contributed by atoms with Crippen LogP contribution >= 0.6 is 0 Å². The van der Waals surface area contributed by atoms with Crippen molar-refractivity contribution in [3.8, 4) is 23.1 Å². The fourth-order valence-corrected chi connectivity index (χ4v) is 2.16. The van der Waals surface area contributed by atoms with E-state index in [2.05, 4.69) is 15.0 Å². The molecule has 0 saturated carbocycles. The predicted molar refractivity (Wildman–Crippen MR) is 77.4 cm³/mol. The van der Waals surface area contributed by atoms with Gasteiger partial charge in [0.05, 0.1) is 36.4 Å². The summed E-state index contributed by atoms with van der Waals surface area (Å²) in [6.07, 6.45) is 5.07. The first-order valence-electron chi connectivity index (χ1n) is 6.15. The molecule has 0 aliphatic heterocycles. The van der Waals surface area contributed by atoms with Gasteiger partial charge in [0.2, 0.25) is 0 Å². The first-order chi connectivity index (χ1) is 10.2. The Balaban J connectivity index is 2.35. The Kier molecular flexibility index (Phi) is 2.92. The van der Waals surface area contributed by atoms with Crippen LogP contribution in [0.4, 0.5) is 5.69 Å². The number of pyridine rings is 2. The molecule has 3 rings (SSSR count). The highest BCUT2D eigenvalue weighted by Crippen LogP contribution is 2.34. The number of nitrogen functional groups attached to an aromatic ring is 1. The zero-order valence-corrected chi connectivity index (χ0v) is 11.5. The molecule has 3 aromatic rings. The lowest BCUT2D eigenvalue weighted by Gasteiger charge is -2.10. The molecule has 3 aromatic heterocycles. The summed E-state index contributed by atoms with van der Waals surface area (Å²) in [6, 6.07) is 3.56. The van der Waals surface area contributed by atoms with E-state index in [4.69, 9.17) is 15.7 Å². The van der Waals surface area contributed by atoms with Crippen molar-refractivity contribution in [2.24, 2.45) is 7.05 Å². The number of hydrogen-bond donors (Lipinski definition) is 1. The number of imidazole rings is 1. The summed E-state index contributed by atoms with van der Waals surface area (Å²) in [4.78, 5) is 12.9. The number of nitrogens with two attached hydrogens (primary N) is 1. The second-order valence-corrected chi connectivity index (χ2v) is 4.50. The number of methoxy groups -OCH3 is 1. The van der Waals surface area contributed by atoms with Gasteiger partial charge in [0.25, 0.3) is 0 Å². The fraction of sp³-hybridized carbons (Fsp3) is 0.143. The standard InChI is InChI=1S/C14H12N6O/c1-20-7-18-13-8(5-17-6-11(13)20)14-12(21-2)3-9(16)10(4-15)19-14/h3,5-7H,16H2,1-2H3. The summed E-state index contributed by atoms with van der Waals surface area (Å²) in [6.45, 7) is 0. The van der Waals surface area contributed by atoms with Crippen LogP contribution in [-0.2, 0) is 7.05 Å². The van der Waals surface area contributed by atoms with Crippen molar-refractivity contribution in [2.45, 2.75) is 0 Å². The second-order valence-electron chi connectivity index (χ2n) is 4.50. The van der Waals surface area contributed by atoms with Gasteiger partial charge in [-0.25, -0.2) is 9.97 Å². The van der Waals surface area contributed by atoms with E-state index >= 15 is 0 Å². The molecule has 0 fully saturated rings. The van der Waals surface area contributed by atoms with Crippen LogP contribution in [0.3, 0.4) is 0 Å². The van der Waals surface area contributed by atoms with E-state index in [1.165, 1.54) is 7.11 Å². The third kappa shape index (κ3) is 1.94. The van der Waals surface area contributed by atoms with Crippen molar-refractivity contribution in [3.05, 3.63) is 30.5 Å². The fourth-order valence-electron chi connectivity index (χ4n) is 2.16. The molecule has 0 unspecified atom stereocenters. The maximum atomic E-state index is 9.10. The molecule has 0 aromatic carbocycles. The van der Waals surface area contributed by atoms with Crippen LogP contribution in [-0.4, -0.2) is 26.6 Å². The van der Waals surface area contributed by atoms with Crippen LogP contribution in [0, 0.1) is 11.3 Å². The number of fused-ring (bicyclic) bond motifs is 1. The van der Waals surface area contributed by atoms with Crippen LogP contribution in [0.25, 0.3) is 22.3 Å². The zero-order chi connectivity index (χ0) is 15.0. The lowest BCUT2D eigenvalue weighted by atomic mass is 10.1. The molecule has 0 bridgehead atoms. The van der Waals surface area contributed by atoms with Crippen molar-refractivity contribution in [3.63, 3.8) is 0 Å². The molecule has 104 valence electrons. The quantitative estimate of drug-likeness (QED) is 0.763. The van der Waals surface area contributed by atoms with E-state index < -0.39 is 0 Å². The van der Waals surface area contributed by atoms with Gasteiger partial charge in [-0.15, -0.1) is 0 Å². The van der Waals surface area contributed by atoms with Crippen molar-refractivity contribution in [2.75, 3.05) is 12.8 Å². The molecule has 0 atom stereocenters. The highest BCUT2D eigenvalue weighted by Gasteiger charge is 2.17. The van der Waals surface area contributed by atoms with Gasteiger partial charge in [-0.05, 0) is 0 Å². The number of ether oxygens (including phenoxy) is 1. The number of anilines is 1. The summed E-state index contributed by atoms with van der Waals surface area (Å²) in [5.41, 5.74) is 9.01. The topological polar surface area (TPSA) is 103 Å². The minimum Gasteiger partial charge on any atom is -0.494 e. The largest absolute Gasteiger partial charge is 0.494 e. The van der Waals surface area contributed by atoms with Crippen molar-refractivity contribution >= 4 is 16.7 Å². The molecular weight excluding hydrogens is 268 g/mol. The number of hydrogen-bond acceptors (Lipinski definition) is 6. The van der Waals surface area contributed by atoms with Gasteiger partial charge in [-0.3, -0.25) is 4.98 Å². The van der Waals surface area contributed by atoms with Crippen molar-refractivity contribution in [1.29, 1.82) is 5.26 Å². The Bertz CT molecular complexity index is 877. The minimum absolute atomic E-state index is 0.152. The summed E-state index contributed by atoms with van der Waals surface area (Å²) < 4.78 is 7.18. The maximum Gasteiger partial charge on any atom is 0.164 e. The van der Waals surface area contributed by atoms with E-state index in [0.717, 1.165) is 11.0 Å². The lowest BCUT2D eigenvalue weighted by Crippen LogP contribution is -2.00. The Morgan fingerprint density at radius 2 is 2.19 bits per heavy atom. The average Bonchev–Trinajstić information content (AvgIpc) is 2.88. The average molecular weight is 280 g/mol. The Labute approximate surface area is 120 Å². The third-order valence-corrected chi connectivity index (χ3v) is 3.24. The van der Waals surface area contributed by atoms with Gasteiger partial charge < -0.3 is 15.0 Å². The van der Waals surface area contributed by atoms with Gasteiger partial charge >= 0.3 is 0 Å². The van der Waals surface area contributed by atoms with E-state index in [1.807, 2.05) is 17.7 Å². The third-order valence-electron chi connectivity index (χ3n) is 3.24. The molecule has 0 radical (unpaired) electrons. The summed E-state index contributed by atoms with van der Waals surface area (Å²) in [5.74, 6) is 0.478. The summed E-state index contributed by atoms with van der Waals surface area (Å²) in [7, 11) is 3.41. The first kappa shape index (κ1) is 12.9. The molecule has 21 heavy (non-hydrogen) atoms. The molecule has 0 aliphatic carbocycles. The number of aryl methyl sites for hydroxylation is 1. The zero-order valence-electron chi connectivity index (χ0n) is 11.5. The van der Waals surface area contributed by atoms with Crippen LogP contribution in [0.5, 0.6) is 5.75 Å². The summed E-state index contributed by atoms with van der Waals surface area (Å²) in [5, 5.41) is 9.10. The Hall–Kier alpha value is -3.14. The van der Waals surface area contributed by atoms with Crippen LogP contribution in [0.15, 0.2) is 24.8 Å². The van der Waals surface area contributed by atoms with Gasteiger partial charge in [0.15, 0.2) is 5.69 Å². The molecule has 2 N–H and O–H groups in total. The number of rotatable bonds is 2. The monoisotopic (exact) mass is 280 g/mol. The summed E-state index contributed by atoms with van der Waals surface area (Å²) >= 11 is 0. The van der Waals surface area contributed by atoms with Gasteiger partial charge in [0, 0.05) is 19.3 Å². The molecule has 0 amide bonds. The second kappa shape index (κ2) is 4.76. The van der Waals surface area contributed by atoms with E-state index in [0.29, 0.717) is 17.0 Å². The maximum absolute atomic E-state index is 9.10. The van der Waals surface area contributed by atoms with Gasteiger partial charge in [-0.1, -0.05) is 0 Å². The molecule has 0 spiro atoms. The highest BCUT2D eigenvalue weighted by atomic mass is 16.5. The first-order valence-corrected chi connectivity index (χ1v) is 6.15. The van der Waals surface area contributed by atoms with E-state index in [1.54, 1.807) is 24.8 Å². The number of nitrogens with zero attached hydrogens (tertiary/aromatic N) is 5. The van der Waals surface area contributed by atoms with Crippen molar-refractivity contribution in [1.82, 2.24) is 19.5 Å². The molecular formula is C14H12N6O. The predicted octanol–water partition coefficient (Wildman–Crippen LogP) is 1.49. The Morgan fingerprint density at radius 1 is 1.38 bits per heavy atom. The molecule has 0 saturated heterocycles. The van der Waals surface area contributed by atoms with Gasteiger partial charge in [-0.2, -0.15) is 5.26 Å². The van der Waals surface area contributed by atoms with Crippen molar-refractivity contribution < 1.29 is 4.74 Å². The highest BCUT2D eigenvalue weighted by molar-refractivity contribution is 5.92. The molecule has 7 heteroatoms. The minimum atomic E-state index is 0.152. The van der Waals surface area contributed by atoms with Gasteiger partial charge in [0.1, 0.15) is 23.0 Å². The number of nitriles is 1. The lowest BCUT2D eigenvalue weighted by molar-refractivity contribution is 0.415. The van der Waals surface area contributed by atoms with Crippen LogP contribution < -0.4 is 10.5 Å². The van der Waals surface area contributed by atoms with E-state index in [9.17, 15) is 0 Å². The van der Waals surface area contributed by atoms with Crippen LogP contribution in [0.2, 0.25) is 0 Å². The SMILES string of the molecule is COc1cc(N)c(C#N)nc1-c1cncc2c1ncn2C. The smallest absolute Gasteiger partial charge is 0.164 e.